The Kier molecular flexibility index (Phi) is 6.49. The second kappa shape index (κ2) is 9.31. The highest BCUT2D eigenvalue weighted by Crippen LogP contribution is 2.46. The summed E-state index contributed by atoms with van der Waals surface area (Å²) < 4.78 is 20.6. The van der Waals surface area contributed by atoms with Gasteiger partial charge < -0.3 is 14.5 Å². The van der Waals surface area contributed by atoms with E-state index in [-0.39, 0.29) is 23.3 Å². The molecule has 1 spiro atoms. The van der Waals surface area contributed by atoms with Gasteiger partial charge in [-0.25, -0.2) is 4.39 Å². The van der Waals surface area contributed by atoms with Gasteiger partial charge in [0.2, 0.25) is 5.91 Å². The molecule has 170 valence electrons. The Labute approximate surface area is 189 Å². The number of amides is 2. The molecular weight excluding hydrogens is 407 g/mol. The fourth-order valence-electron chi connectivity index (χ4n) is 5.07. The van der Waals surface area contributed by atoms with E-state index in [0.717, 1.165) is 17.7 Å². The van der Waals surface area contributed by atoms with Crippen LogP contribution in [-0.4, -0.2) is 53.4 Å². The molecule has 2 amide bonds. The molecule has 2 aliphatic rings. The Morgan fingerprint density at radius 1 is 1.06 bits per heavy atom. The van der Waals surface area contributed by atoms with Crippen molar-refractivity contribution < 1.29 is 18.7 Å². The van der Waals surface area contributed by atoms with Crippen molar-refractivity contribution >= 4 is 11.8 Å². The largest absolute Gasteiger partial charge is 0.487 e. The first-order valence-electron chi connectivity index (χ1n) is 11.6. The molecule has 5 nitrogen and oxygen atoms in total. The van der Waals surface area contributed by atoms with Crippen LogP contribution < -0.4 is 4.74 Å². The molecule has 1 fully saturated rings. The molecule has 1 atom stereocenters. The van der Waals surface area contributed by atoms with Crippen molar-refractivity contribution in [2.24, 2.45) is 0 Å². The standard InChI is InChI=1S/C26H31FN2O3/c1-3-28(4-2)24(30)17-19-18-26(32-23-12-8-6-9-20(19)23)13-15-29(16-14-26)25(31)21-10-5-7-11-22(21)27/h5-12,19H,3-4,13-18H2,1-2H3/t19-/m1/s1. The first-order valence-corrected chi connectivity index (χ1v) is 11.6. The minimum absolute atomic E-state index is 0.0851. The van der Waals surface area contributed by atoms with Gasteiger partial charge in [-0.3, -0.25) is 9.59 Å². The maximum atomic E-state index is 14.1. The van der Waals surface area contributed by atoms with Gasteiger partial charge in [-0.15, -0.1) is 0 Å². The van der Waals surface area contributed by atoms with Gasteiger partial charge in [0, 0.05) is 51.4 Å². The lowest BCUT2D eigenvalue weighted by Gasteiger charge is -2.47. The normalized spacial score (nSPS) is 19.2. The van der Waals surface area contributed by atoms with Crippen molar-refractivity contribution in [1.29, 1.82) is 0 Å². The van der Waals surface area contributed by atoms with E-state index in [4.69, 9.17) is 4.74 Å². The molecule has 0 aliphatic carbocycles. The summed E-state index contributed by atoms with van der Waals surface area (Å²) in [5, 5.41) is 0. The fraction of sp³-hybridized carbons (Fsp3) is 0.462. The number of para-hydroxylation sites is 1. The van der Waals surface area contributed by atoms with Crippen molar-refractivity contribution in [3.63, 3.8) is 0 Å². The van der Waals surface area contributed by atoms with Crippen molar-refractivity contribution in [1.82, 2.24) is 9.80 Å². The number of benzene rings is 2. The predicted octanol–water partition coefficient (Wildman–Crippen LogP) is 4.63. The van der Waals surface area contributed by atoms with Crippen LogP contribution in [0.4, 0.5) is 4.39 Å². The first kappa shape index (κ1) is 22.3. The molecule has 0 radical (unpaired) electrons. The van der Waals surface area contributed by atoms with Crippen LogP contribution >= 0.6 is 0 Å². The monoisotopic (exact) mass is 438 g/mol. The van der Waals surface area contributed by atoms with Crippen LogP contribution in [0.3, 0.4) is 0 Å². The number of halogens is 1. The molecule has 0 bridgehead atoms. The van der Waals surface area contributed by atoms with E-state index in [9.17, 15) is 14.0 Å². The Hall–Kier alpha value is -2.89. The van der Waals surface area contributed by atoms with Crippen LogP contribution in [0, 0.1) is 5.82 Å². The van der Waals surface area contributed by atoms with Crippen LogP contribution in [-0.2, 0) is 4.79 Å². The Balaban J connectivity index is 1.50. The molecule has 2 aromatic rings. The van der Waals surface area contributed by atoms with Crippen LogP contribution in [0.1, 0.15) is 61.4 Å². The summed E-state index contributed by atoms with van der Waals surface area (Å²) in [4.78, 5) is 29.3. The minimum Gasteiger partial charge on any atom is -0.487 e. The highest BCUT2D eigenvalue weighted by atomic mass is 19.1. The lowest BCUT2D eigenvalue weighted by molar-refractivity contribution is -0.131. The summed E-state index contributed by atoms with van der Waals surface area (Å²) in [6.07, 6.45) is 2.54. The summed E-state index contributed by atoms with van der Waals surface area (Å²) >= 11 is 0. The highest BCUT2D eigenvalue weighted by Gasteiger charge is 2.44. The number of likely N-dealkylation sites (tertiary alicyclic amines) is 1. The second-order valence-electron chi connectivity index (χ2n) is 8.77. The molecule has 0 unspecified atom stereocenters. The van der Waals surface area contributed by atoms with E-state index < -0.39 is 11.4 Å². The third kappa shape index (κ3) is 4.36. The van der Waals surface area contributed by atoms with Crippen LogP contribution in [0.25, 0.3) is 0 Å². The number of hydrogen-bond donors (Lipinski definition) is 0. The molecule has 2 aromatic carbocycles. The third-order valence-electron chi connectivity index (χ3n) is 6.91. The van der Waals surface area contributed by atoms with Crippen molar-refractivity contribution in [2.45, 2.75) is 51.0 Å². The van der Waals surface area contributed by atoms with E-state index in [1.165, 1.54) is 12.1 Å². The van der Waals surface area contributed by atoms with Gasteiger partial charge in [-0.1, -0.05) is 30.3 Å². The quantitative estimate of drug-likeness (QED) is 0.684. The molecule has 4 rings (SSSR count). The lowest BCUT2D eigenvalue weighted by Crippen LogP contribution is -2.52. The Morgan fingerprint density at radius 2 is 1.72 bits per heavy atom. The van der Waals surface area contributed by atoms with Gasteiger partial charge in [-0.05, 0) is 44.0 Å². The number of fused-ring (bicyclic) bond motifs is 1. The molecule has 1 saturated heterocycles. The van der Waals surface area contributed by atoms with E-state index in [1.54, 1.807) is 17.0 Å². The first-order chi connectivity index (χ1) is 15.5. The summed E-state index contributed by atoms with van der Waals surface area (Å²) in [5.41, 5.74) is 0.790. The number of piperidine rings is 1. The van der Waals surface area contributed by atoms with Gasteiger partial charge in [0.15, 0.2) is 0 Å². The van der Waals surface area contributed by atoms with Gasteiger partial charge >= 0.3 is 0 Å². The zero-order valence-electron chi connectivity index (χ0n) is 18.9. The van der Waals surface area contributed by atoms with Gasteiger partial charge in [0.1, 0.15) is 17.2 Å². The van der Waals surface area contributed by atoms with E-state index in [1.807, 2.05) is 36.9 Å². The maximum Gasteiger partial charge on any atom is 0.256 e. The molecular formula is C26H31FN2O3. The smallest absolute Gasteiger partial charge is 0.256 e. The summed E-state index contributed by atoms with van der Waals surface area (Å²) in [7, 11) is 0. The minimum atomic E-state index is -0.490. The average Bonchev–Trinajstić information content (AvgIpc) is 2.80. The molecule has 32 heavy (non-hydrogen) atoms. The van der Waals surface area contributed by atoms with Crippen molar-refractivity contribution in [2.75, 3.05) is 26.2 Å². The molecule has 2 heterocycles. The van der Waals surface area contributed by atoms with Crippen LogP contribution in [0.2, 0.25) is 0 Å². The van der Waals surface area contributed by atoms with E-state index >= 15 is 0 Å². The SMILES string of the molecule is CCN(CC)C(=O)C[C@@H]1CC2(CCN(C(=O)c3ccccc3F)CC2)Oc2ccccc21. The zero-order chi connectivity index (χ0) is 22.7. The van der Waals surface area contributed by atoms with Crippen molar-refractivity contribution in [3.05, 3.63) is 65.5 Å². The Bertz CT molecular complexity index is 981. The molecule has 0 N–H and O–H groups in total. The van der Waals surface area contributed by atoms with E-state index in [0.29, 0.717) is 45.4 Å². The number of rotatable bonds is 5. The van der Waals surface area contributed by atoms with Crippen LogP contribution in [0.15, 0.2) is 48.5 Å². The number of hydrogen-bond acceptors (Lipinski definition) is 3. The van der Waals surface area contributed by atoms with Gasteiger partial charge in [0.25, 0.3) is 5.91 Å². The van der Waals surface area contributed by atoms with Crippen molar-refractivity contribution in [3.8, 4) is 5.75 Å². The topological polar surface area (TPSA) is 49.9 Å². The summed E-state index contributed by atoms with van der Waals surface area (Å²) in [6, 6.07) is 14.1. The molecule has 0 saturated carbocycles. The molecule has 2 aliphatic heterocycles. The third-order valence-corrected chi connectivity index (χ3v) is 6.91. The van der Waals surface area contributed by atoms with Crippen LogP contribution in [0.5, 0.6) is 5.75 Å². The fourth-order valence-corrected chi connectivity index (χ4v) is 5.07. The number of ether oxygens (including phenoxy) is 1. The maximum absolute atomic E-state index is 14.1. The summed E-state index contributed by atoms with van der Waals surface area (Å²) in [5.74, 6) is 0.323. The average molecular weight is 439 g/mol. The summed E-state index contributed by atoms with van der Waals surface area (Å²) in [6.45, 7) is 6.43. The van der Waals surface area contributed by atoms with Gasteiger partial charge in [-0.2, -0.15) is 0 Å². The van der Waals surface area contributed by atoms with E-state index in [2.05, 4.69) is 6.07 Å². The molecule has 0 aromatic heterocycles. The number of carbonyl (C=O) groups excluding carboxylic acids is 2. The highest BCUT2D eigenvalue weighted by molar-refractivity contribution is 5.94. The predicted molar refractivity (Wildman–Crippen MR) is 121 cm³/mol. The number of carbonyl (C=O) groups is 2. The van der Waals surface area contributed by atoms with Gasteiger partial charge in [0.05, 0.1) is 5.56 Å². The number of nitrogens with zero attached hydrogens (tertiary/aromatic N) is 2. The zero-order valence-corrected chi connectivity index (χ0v) is 18.9. The lowest BCUT2D eigenvalue weighted by atomic mass is 9.76. The second-order valence-corrected chi connectivity index (χ2v) is 8.77. The Morgan fingerprint density at radius 3 is 2.41 bits per heavy atom. The molecule has 6 heteroatoms.